The van der Waals surface area contributed by atoms with Gasteiger partial charge in [0.2, 0.25) is 0 Å². The molecule has 2 nitrogen and oxygen atoms in total. The Labute approximate surface area is 185 Å². The van der Waals surface area contributed by atoms with E-state index in [0.717, 1.165) is 36.0 Å². The normalized spacial score (nSPS) is 50.9. The van der Waals surface area contributed by atoms with Crippen molar-refractivity contribution in [1.29, 1.82) is 0 Å². The molecule has 2 aliphatic heterocycles. The van der Waals surface area contributed by atoms with Crippen LogP contribution in [-0.4, -0.2) is 17.5 Å². The van der Waals surface area contributed by atoms with Gasteiger partial charge in [-0.05, 0) is 98.2 Å². The molecule has 0 amide bonds. The highest BCUT2D eigenvalue weighted by molar-refractivity contribution is 5.79. The Morgan fingerprint density at radius 2 is 1.80 bits per heavy atom. The van der Waals surface area contributed by atoms with Crippen molar-refractivity contribution in [3.63, 3.8) is 0 Å². The van der Waals surface area contributed by atoms with E-state index in [2.05, 4.69) is 34.6 Å². The Morgan fingerprint density at radius 3 is 2.57 bits per heavy atom. The van der Waals surface area contributed by atoms with Crippen molar-refractivity contribution in [1.82, 2.24) is 0 Å². The molecule has 5 aliphatic rings. The fourth-order valence-electron chi connectivity index (χ4n) is 9.27. The van der Waals surface area contributed by atoms with Crippen LogP contribution in [0.1, 0.15) is 105 Å². The average molecular weight is 415 g/mol. The van der Waals surface area contributed by atoms with Crippen LogP contribution in [0.3, 0.4) is 0 Å². The molecular weight excluding hydrogens is 368 g/mol. The summed E-state index contributed by atoms with van der Waals surface area (Å²) in [6, 6.07) is 0. The highest BCUT2D eigenvalue weighted by Gasteiger charge is 2.64. The Kier molecular flexibility index (Phi) is 5.44. The van der Waals surface area contributed by atoms with Gasteiger partial charge < -0.3 is 4.74 Å². The van der Waals surface area contributed by atoms with Crippen LogP contribution in [0.4, 0.5) is 0 Å². The number of fused-ring (bicyclic) bond motifs is 8. The van der Waals surface area contributed by atoms with Gasteiger partial charge in [-0.15, -0.1) is 0 Å². The van der Waals surface area contributed by atoms with E-state index in [1.165, 1.54) is 57.8 Å². The zero-order chi connectivity index (χ0) is 21.3. The topological polar surface area (TPSA) is 26.3 Å². The molecule has 10 atom stereocenters. The van der Waals surface area contributed by atoms with Crippen molar-refractivity contribution in [2.24, 2.45) is 52.8 Å². The molecule has 0 spiro atoms. The predicted molar refractivity (Wildman–Crippen MR) is 122 cm³/mol. The fraction of sp³-hybridized carbons (Fsp3) is 0.964. The lowest BCUT2D eigenvalue weighted by Gasteiger charge is -2.50. The zero-order valence-corrected chi connectivity index (χ0v) is 20.3. The standard InChI is InChI=1S/C28H46O2/c1-17(2)7-6-8-18(3)22-9-10-23-26-24(11-12-27(22,23)4)28(5)16-20-13-19(20)14-21(29)15-25(26)30-28/h17-20,22-26H,6-16H2,1-5H3/t18-,19+,20-,22-,23+,24+,25-,26+,27-,28-/m1/s1. The second-order valence-electron chi connectivity index (χ2n) is 13.2. The molecule has 2 heteroatoms. The molecule has 3 aliphatic carbocycles. The maximum Gasteiger partial charge on any atom is 0.135 e. The van der Waals surface area contributed by atoms with Crippen molar-refractivity contribution in [3.8, 4) is 0 Å². The van der Waals surface area contributed by atoms with Crippen molar-refractivity contribution in [2.75, 3.05) is 0 Å². The Hall–Kier alpha value is -0.370. The molecule has 0 aromatic carbocycles. The molecule has 0 radical (unpaired) electrons. The van der Waals surface area contributed by atoms with Gasteiger partial charge >= 0.3 is 0 Å². The summed E-state index contributed by atoms with van der Waals surface area (Å²) >= 11 is 0. The smallest absolute Gasteiger partial charge is 0.135 e. The van der Waals surface area contributed by atoms with Crippen LogP contribution in [0.2, 0.25) is 0 Å². The SMILES string of the molecule is CC(C)CCC[C@@H](C)[C@H]1CC[C@H]2[C@@H]3[C@H]4CC(=O)C[C@@H]5C[C@@H]5C[C@@](C)(O4)[C@H]3CC[C@]12C. The van der Waals surface area contributed by atoms with Crippen molar-refractivity contribution in [3.05, 3.63) is 0 Å². The number of carbonyl (C=O) groups excluding carboxylic acids is 1. The second-order valence-corrected chi connectivity index (χ2v) is 13.2. The first-order valence-corrected chi connectivity index (χ1v) is 13.4. The summed E-state index contributed by atoms with van der Waals surface area (Å²) in [5.41, 5.74) is 0.516. The lowest BCUT2D eigenvalue weighted by molar-refractivity contribution is -0.124. The number of hydrogen-bond acceptors (Lipinski definition) is 2. The number of hydrogen-bond donors (Lipinski definition) is 0. The molecule has 170 valence electrons. The first-order chi connectivity index (χ1) is 14.2. The van der Waals surface area contributed by atoms with E-state index in [-0.39, 0.29) is 11.7 Å². The van der Waals surface area contributed by atoms with Gasteiger partial charge in [-0.1, -0.05) is 47.0 Å². The van der Waals surface area contributed by atoms with Crippen LogP contribution in [-0.2, 0) is 9.53 Å². The molecular formula is C28H46O2. The van der Waals surface area contributed by atoms with Gasteiger partial charge in [-0.3, -0.25) is 4.79 Å². The molecule has 0 N–H and O–H groups in total. The Bertz CT molecular complexity index is 670. The number of carbonyl (C=O) groups is 1. The fourth-order valence-corrected chi connectivity index (χ4v) is 9.27. The number of ether oxygens (including phenoxy) is 1. The minimum Gasteiger partial charge on any atom is -0.371 e. The van der Waals surface area contributed by atoms with Crippen LogP contribution >= 0.6 is 0 Å². The van der Waals surface area contributed by atoms with Crippen LogP contribution in [0.5, 0.6) is 0 Å². The Morgan fingerprint density at radius 1 is 1.00 bits per heavy atom. The van der Waals surface area contributed by atoms with Gasteiger partial charge in [0.15, 0.2) is 0 Å². The number of rotatable bonds is 5. The van der Waals surface area contributed by atoms with Crippen LogP contribution in [0.25, 0.3) is 0 Å². The van der Waals surface area contributed by atoms with E-state index < -0.39 is 0 Å². The quantitative estimate of drug-likeness (QED) is 0.481. The summed E-state index contributed by atoms with van der Waals surface area (Å²) in [7, 11) is 0. The highest BCUT2D eigenvalue weighted by atomic mass is 16.5. The molecule has 0 aromatic heterocycles. The van der Waals surface area contributed by atoms with Crippen LogP contribution in [0, 0.1) is 52.8 Å². The second kappa shape index (κ2) is 7.60. The monoisotopic (exact) mass is 414 g/mol. The van der Waals surface area contributed by atoms with E-state index in [1.54, 1.807) is 0 Å². The average Bonchev–Trinajstić information content (AvgIpc) is 3.14. The summed E-state index contributed by atoms with van der Waals surface area (Å²) < 4.78 is 6.90. The third-order valence-electron chi connectivity index (χ3n) is 10.8. The van der Waals surface area contributed by atoms with E-state index in [4.69, 9.17) is 4.74 Å². The van der Waals surface area contributed by atoms with Gasteiger partial charge in [0.05, 0.1) is 11.7 Å². The van der Waals surface area contributed by atoms with Gasteiger partial charge in [-0.25, -0.2) is 0 Å². The highest BCUT2D eigenvalue weighted by Crippen LogP contribution is 2.67. The number of ketones is 1. The Balaban J connectivity index is 1.35. The molecule has 5 rings (SSSR count). The molecule has 2 heterocycles. The van der Waals surface area contributed by atoms with E-state index in [1.807, 2.05) is 0 Å². The van der Waals surface area contributed by atoms with Crippen molar-refractivity contribution in [2.45, 2.75) is 117 Å². The summed E-state index contributed by atoms with van der Waals surface area (Å²) in [4.78, 5) is 12.8. The summed E-state index contributed by atoms with van der Waals surface area (Å²) in [6.45, 7) is 12.3. The summed E-state index contributed by atoms with van der Waals surface area (Å²) in [5, 5.41) is 0. The van der Waals surface area contributed by atoms with Crippen molar-refractivity contribution < 1.29 is 9.53 Å². The minimum atomic E-state index is 0.0433. The molecule has 0 unspecified atom stereocenters. The van der Waals surface area contributed by atoms with E-state index in [0.29, 0.717) is 35.4 Å². The third kappa shape index (κ3) is 3.52. The van der Waals surface area contributed by atoms with Gasteiger partial charge in [0, 0.05) is 12.8 Å². The first-order valence-electron chi connectivity index (χ1n) is 13.4. The molecule has 0 aromatic rings. The predicted octanol–water partition coefficient (Wildman–Crippen LogP) is 7.05. The molecule has 30 heavy (non-hydrogen) atoms. The van der Waals surface area contributed by atoms with E-state index in [9.17, 15) is 4.79 Å². The van der Waals surface area contributed by atoms with Crippen LogP contribution < -0.4 is 0 Å². The van der Waals surface area contributed by atoms with Crippen LogP contribution in [0.15, 0.2) is 0 Å². The summed E-state index contributed by atoms with van der Waals surface area (Å²) in [6.07, 6.45) is 14.0. The van der Waals surface area contributed by atoms with Gasteiger partial charge in [-0.2, -0.15) is 0 Å². The number of Topliss-reactive ketones (excluding diaryl/α,β-unsaturated/α-hetero) is 1. The molecule has 3 saturated carbocycles. The van der Waals surface area contributed by atoms with Gasteiger partial charge in [0.25, 0.3) is 0 Å². The lowest BCUT2D eigenvalue weighted by atomic mass is 9.53. The zero-order valence-electron chi connectivity index (χ0n) is 20.3. The summed E-state index contributed by atoms with van der Waals surface area (Å²) in [5.74, 6) is 6.62. The van der Waals surface area contributed by atoms with Gasteiger partial charge in [0.1, 0.15) is 5.78 Å². The van der Waals surface area contributed by atoms with E-state index >= 15 is 0 Å². The molecule has 5 fully saturated rings. The largest absolute Gasteiger partial charge is 0.371 e. The maximum absolute atomic E-state index is 12.8. The van der Waals surface area contributed by atoms with Crippen molar-refractivity contribution >= 4 is 5.78 Å². The first kappa shape index (κ1) is 21.5. The maximum atomic E-state index is 12.8. The minimum absolute atomic E-state index is 0.0433. The molecule has 2 saturated heterocycles. The lowest BCUT2D eigenvalue weighted by Crippen LogP contribution is -2.47. The molecule has 2 bridgehead atoms. The third-order valence-corrected chi connectivity index (χ3v) is 10.8.